The van der Waals surface area contributed by atoms with Crippen LogP contribution in [0.15, 0.2) is 6.08 Å². The topological polar surface area (TPSA) is 74.7 Å². The van der Waals surface area contributed by atoms with Crippen LogP contribution in [0.25, 0.3) is 5.57 Å². The van der Waals surface area contributed by atoms with E-state index in [9.17, 15) is 9.90 Å². The minimum atomic E-state index is -1.46. The Morgan fingerprint density at radius 3 is 2.33 bits per heavy atom. The van der Waals surface area contributed by atoms with Gasteiger partial charge in [-0.05, 0) is 77.8 Å². The third-order valence-electron chi connectivity index (χ3n) is 7.08. The number of pyridine rings is 1. The highest BCUT2D eigenvalue weighted by atomic mass is 16.5. The van der Waals surface area contributed by atoms with E-state index < -0.39 is 17.2 Å². The van der Waals surface area contributed by atoms with Gasteiger partial charge < -0.3 is 20.1 Å². The van der Waals surface area contributed by atoms with Gasteiger partial charge in [0.15, 0.2) is 5.60 Å². The second kappa shape index (κ2) is 9.38. The van der Waals surface area contributed by atoms with Crippen LogP contribution in [0, 0.1) is 19.3 Å². The molecule has 0 saturated carbocycles. The molecule has 0 spiro atoms. The first-order valence-corrected chi connectivity index (χ1v) is 12.4. The smallest absolute Gasteiger partial charge is 0.340 e. The number of rotatable bonds is 6. The van der Waals surface area contributed by atoms with Gasteiger partial charge in [-0.25, -0.2) is 4.79 Å². The molecule has 2 aliphatic rings. The third-order valence-corrected chi connectivity index (χ3v) is 7.08. The molecule has 6 heteroatoms. The van der Waals surface area contributed by atoms with E-state index in [0.717, 1.165) is 73.6 Å². The van der Waals surface area contributed by atoms with Gasteiger partial charge in [-0.1, -0.05) is 26.8 Å². The minimum Gasteiger partial charge on any atom is -0.479 e. The summed E-state index contributed by atoms with van der Waals surface area (Å²) in [5.74, 6) is -0.947. The van der Waals surface area contributed by atoms with Crippen LogP contribution < -0.4 is 10.2 Å². The molecule has 1 fully saturated rings. The van der Waals surface area contributed by atoms with Gasteiger partial charge in [-0.2, -0.15) is 0 Å². The maximum absolute atomic E-state index is 13.0. The predicted molar refractivity (Wildman–Crippen MR) is 135 cm³/mol. The number of nitrogens with zero attached hydrogens (tertiary/aromatic N) is 2. The molecule has 3 rings (SSSR count). The molecule has 3 heterocycles. The van der Waals surface area contributed by atoms with Crippen molar-refractivity contribution in [3.05, 3.63) is 28.6 Å². The van der Waals surface area contributed by atoms with Gasteiger partial charge in [0.1, 0.15) is 0 Å². The van der Waals surface area contributed by atoms with E-state index in [-0.39, 0.29) is 0 Å². The maximum Gasteiger partial charge on any atom is 0.340 e. The fraction of sp³-hybridized carbons (Fsp3) is 0.704. The Hall–Kier alpha value is -1.92. The highest BCUT2D eigenvalue weighted by Gasteiger charge is 2.48. The van der Waals surface area contributed by atoms with Crippen LogP contribution in [0.2, 0.25) is 0 Å². The summed E-state index contributed by atoms with van der Waals surface area (Å²) >= 11 is 0. The fourth-order valence-electron chi connectivity index (χ4n) is 5.32. The Balaban J connectivity index is 2.35. The van der Waals surface area contributed by atoms with Crippen LogP contribution in [0.1, 0.15) is 89.7 Å². The first kappa shape index (κ1) is 25.7. The van der Waals surface area contributed by atoms with Crippen molar-refractivity contribution < 1.29 is 14.6 Å². The lowest BCUT2D eigenvalue weighted by Gasteiger charge is -2.44. The summed E-state index contributed by atoms with van der Waals surface area (Å²) in [6, 6.07) is 0. The Kier molecular flexibility index (Phi) is 7.30. The number of ether oxygens (including phenoxy) is 1. The Bertz CT molecular complexity index is 920. The van der Waals surface area contributed by atoms with Crippen molar-refractivity contribution >= 4 is 17.2 Å². The molecule has 0 bridgehead atoms. The van der Waals surface area contributed by atoms with E-state index in [1.54, 1.807) is 0 Å². The standard InChI is InChI=1S/C27H43N3O3/c1-9-27(24(31)32,33-25(4,5)6)22-19(3)29-18(2)21(20-10-14-28-15-11-20)23(22)30-16-12-26(7,8)13-17-30/h10,28H,9,11-17H2,1-8H3,(H,31,32)/t27-/m0/s1. The number of hydrogen-bond donors (Lipinski definition) is 2. The second-order valence-electron chi connectivity index (χ2n) is 11.4. The largest absolute Gasteiger partial charge is 0.479 e. The molecule has 0 aliphatic carbocycles. The zero-order valence-electron chi connectivity index (χ0n) is 21.9. The minimum absolute atomic E-state index is 0.290. The predicted octanol–water partition coefficient (Wildman–Crippen LogP) is 5.21. The number of aromatic nitrogens is 1. The van der Waals surface area contributed by atoms with Gasteiger partial charge in [0.25, 0.3) is 0 Å². The van der Waals surface area contributed by atoms with Crippen LogP contribution in [-0.2, 0) is 15.1 Å². The molecule has 1 saturated heterocycles. The highest BCUT2D eigenvalue weighted by Crippen LogP contribution is 2.47. The van der Waals surface area contributed by atoms with Gasteiger partial charge in [0.2, 0.25) is 0 Å². The second-order valence-corrected chi connectivity index (χ2v) is 11.4. The van der Waals surface area contributed by atoms with E-state index in [0.29, 0.717) is 11.8 Å². The van der Waals surface area contributed by atoms with Gasteiger partial charge in [0.05, 0.1) is 11.3 Å². The lowest BCUT2D eigenvalue weighted by molar-refractivity contribution is -0.188. The van der Waals surface area contributed by atoms with Crippen LogP contribution in [0.4, 0.5) is 5.69 Å². The van der Waals surface area contributed by atoms with E-state index in [1.807, 2.05) is 34.6 Å². The molecule has 0 unspecified atom stereocenters. The van der Waals surface area contributed by atoms with Crippen molar-refractivity contribution in [1.29, 1.82) is 0 Å². The molecule has 1 aromatic heterocycles. The first-order chi connectivity index (χ1) is 15.3. The zero-order chi connectivity index (χ0) is 24.6. The molecule has 2 N–H and O–H groups in total. The summed E-state index contributed by atoms with van der Waals surface area (Å²) in [7, 11) is 0. The number of anilines is 1. The number of aliphatic carboxylic acids is 1. The summed E-state index contributed by atoms with van der Waals surface area (Å²) < 4.78 is 6.46. The van der Waals surface area contributed by atoms with Crippen molar-refractivity contribution in [3.8, 4) is 0 Å². The first-order valence-electron chi connectivity index (χ1n) is 12.4. The molecule has 1 aromatic rings. The number of hydrogen-bond acceptors (Lipinski definition) is 5. The van der Waals surface area contributed by atoms with E-state index in [4.69, 9.17) is 9.72 Å². The number of carboxylic acids is 1. The van der Waals surface area contributed by atoms with Crippen LogP contribution in [0.5, 0.6) is 0 Å². The average Bonchev–Trinajstić information content (AvgIpc) is 2.71. The van der Waals surface area contributed by atoms with Crippen LogP contribution in [0.3, 0.4) is 0 Å². The molecule has 1 atom stereocenters. The Morgan fingerprint density at radius 2 is 1.85 bits per heavy atom. The van der Waals surface area contributed by atoms with E-state index in [1.165, 1.54) is 5.57 Å². The number of nitrogens with one attached hydrogen (secondary N) is 1. The van der Waals surface area contributed by atoms with Crippen molar-refractivity contribution in [3.63, 3.8) is 0 Å². The van der Waals surface area contributed by atoms with Gasteiger partial charge in [0, 0.05) is 42.1 Å². The lowest BCUT2D eigenvalue weighted by atomic mass is 9.79. The van der Waals surface area contributed by atoms with Gasteiger partial charge >= 0.3 is 5.97 Å². The third kappa shape index (κ3) is 5.27. The molecule has 0 aromatic carbocycles. The zero-order valence-corrected chi connectivity index (χ0v) is 21.9. The van der Waals surface area contributed by atoms with Crippen molar-refractivity contribution in [2.24, 2.45) is 5.41 Å². The monoisotopic (exact) mass is 457 g/mol. The van der Waals surface area contributed by atoms with Crippen molar-refractivity contribution in [2.75, 3.05) is 31.1 Å². The number of carboxylic acid groups (broad SMARTS) is 1. The maximum atomic E-state index is 13.0. The molecule has 0 radical (unpaired) electrons. The summed E-state index contributed by atoms with van der Waals surface area (Å²) in [5, 5.41) is 14.0. The summed E-state index contributed by atoms with van der Waals surface area (Å²) in [6.45, 7) is 19.9. The molecule has 6 nitrogen and oxygen atoms in total. The van der Waals surface area contributed by atoms with Gasteiger partial charge in [-0.15, -0.1) is 0 Å². The van der Waals surface area contributed by atoms with Crippen LogP contribution in [-0.4, -0.2) is 47.8 Å². The van der Waals surface area contributed by atoms with Crippen molar-refractivity contribution in [1.82, 2.24) is 10.3 Å². The normalized spacial score (nSPS) is 20.8. The molecule has 33 heavy (non-hydrogen) atoms. The average molecular weight is 458 g/mol. The fourth-order valence-corrected chi connectivity index (χ4v) is 5.32. The van der Waals surface area contributed by atoms with Gasteiger partial charge in [-0.3, -0.25) is 4.98 Å². The SMILES string of the molecule is CC[C@@](OC(C)(C)C)(C(=O)O)c1c(C)nc(C)c(C2=CCNCC2)c1N1CCC(C)(C)CC1. The summed E-state index contributed by atoms with van der Waals surface area (Å²) in [4.78, 5) is 20.3. The van der Waals surface area contributed by atoms with Crippen LogP contribution >= 0.6 is 0 Å². The van der Waals surface area contributed by atoms with E-state index in [2.05, 4.69) is 37.1 Å². The molecular formula is C27H43N3O3. The number of carbonyl (C=O) groups is 1. The number of aryl methyl sites for hydroxylation is 2. The number of piperidine rings is 1. The Morgan fingerprint density at radius 1 is 1.21 bits per heavy atom. The molecule has 184 valence electrons. The van der Waals surface area contributed by atoms with E-state index >= 15 is 0 Å². The molecule has 0 amide bonds. The Labute approximate surface area is 199 Å². The summed E-state index contributed by atoms with van der Waals surface area (Å²) in [5.41, 5.74) is 4.03. The molecule has 2 aliphatic heterocycles. The molecular weight excluding hydrogens is 414 g/mol. The summed E-state index contributed by atoms with van der Waals surface area (Å²) in [6.07, 6.45) is 5.61. The highest BCUT2D eigenvalue weighted by molar-refractivity contribution is 5.88. The quantitative estimate of drug-likeness (QED) is 0.611. The lowest BCUT2D eigenvalue weighted by Crippen LogP contribution is -2.47. The van der Waals surface area contributed by atoms with Crippen molar-refractivity contribution in [2.45, 2.75) is 92.3 Å².